The second-order valence-electron chi connectivity index (χ2n) is 2.21. The third kappa shape index (κ3) is 1.69. The van der Waals surface area contributed by atoms with Gasteiger partial charge in [-0.1, -0.05) is 24.3 Å². The summed E-state index contributed by atoms with van der Waals surface area (Å²) in [7, 11) is 0. The average molecular weight is 134 g/mol. The van der Waals surface area contributed by atoms with E-state index in [0.29, 0.717) is 6.42 Å². The van der Waals surface area contributed by atoms with Crippen LogP contribution in [-0.2, 0) is 4.79 Å². The van der Waals surface area contributed by atoms with Gasteiger partial charge in [0.1, 0.15) is 0 Å². The van der Waals surface area contributed by atoms with Crippen molar-refractivity contribution in [1.82, 2.24) is 0 Å². The van der Waals surface area contributed by atoms with Gasteiger partial charge in [-0.3, -0.25) is 4.79 Å². The van der Waals surface area contributed by atoms with Crippen LogP contribution in [0.5, 0.6) is 0 Å². The summed E-state index contributed by atoms with van der Waals surface area (Å²) in [6, 6.07) is 0. The first-order chi connectivity index (χ1) is 4.83. The van der Waals surface area contributed by atoms with Crippen molar-refractivity contribution in [3.05, 3.63) is 36.0 Å². The summed E-state index contributed by atoms with van der Waals surface area (Å²) in [5.41, 5.74) is 1.13. The zero-order valence-corrected chi connectivity index (χ0v) is 6.00. The molecule has 0 amide bonds. The first-order valence-corrected chi connectivity index (χ1v) is 3.36. The maximum Gasteiger partial charge on any atom is 0.159 e. The van der Waals surface area contributed by atoms with Gasteiger partial charge >= 0.3 is 0 Å². The monoisotopic (exact) mass is 134 g/mol. The summed E-state index contributed by atoms with van der Waals surface area (Å²) in [5, 5.41) is 0. The molecule has 1 nitrogen and oxygen atoms in total. The van der Waals surface area contributed by atoms with Gasteiger partial charge in [-0.05, 0) is 18.6 Å². The average Bonchev–Trinajstić information content (AvgIpc) is 1.95. The number of rotatable bonds is 1. The van der Waals surface area contributed by atoms with Gasteiger partial charge < -0.3 is 0 Å². The Kier molecular flexibility index (Phi) is 2.21. The first-order valence-electron chi connectivity index (χ1n) is 3.36. The predicted octanol–water partition coefficient (Wildman–Crippen LogP) is 2.02. The van der Waals surface area contributed by atoms with Crippen molar-refractivity contribution in [1.29, 1.82) is 0 Å². The Morgan fingerprint density at radius 2 is 2.30 bits per heavy atom. The van der Waals surface area contributed by atoms with Crippen molar-refractivity contribution in [3.63, 3.8) is 0 Å². The van der Waals surface area contributed by atoms with Crippen LogP contribution in [0.3, 0.4) is 0 Å². The maximum absolute atomic E-state index is 10.7. The van der Waals surface area contributed by atoms with Gasteiger partial charge in [-0.2, -0.15) is 0 Å². The van der Waals surface area contributed by atoms with Gasteiger partial charge in [-0.15, -0.1) is 0 Å². The topological polar surface area (TPSA) is 17.1 Å². The van der Waals surface area contributed by atoms with E-state index >= 15 is 0 Å². The minimum Gasteiger partial charge on any atom is -0.295 e. The summed E-state index contributed by atoms with van der Waals surface area (Å²) in [6.45, 7) is 1.96. The van der Waals surface area contributed by atoms with Crippen LogP contribution >= 0.6 is 0 Å². The number of allylic oxidation sites excluding steroid dienone is 6. The Bertz CT molecular complexity index is 219. The fraction of sp³-hybridized carbons (Fsp3) is 0.222. The molecular formula is C9H10O. The van der Waals surface area contributed by atoms with Crippen LogP contribution in [0.15, 0.2) is 36.0 Å². The maximum atomic E-state index is 10.7. The minimum atomic E-state index is 0.188. The molecule has 0 bridgehead atoms. The van der Waals surface area contributed by atoms with E-state index in [1.54, 1.807) is 6.08 Å². The SMILES string of the molecule is C/C=C/C1=CCC(=O)C=C1. The van der Waals surface area contributed by atoms with E-state index in [-0.39, 0.29) is 5.78 Å². The lowest BCUT2D eigenvalue weighted by Gasteiger charge is -1.98. The molecule has 0 radical (unpaired) electrons. The molecule has 52 valence electrons. The van der Waals surface area contributed by atoms with Crippen molar-refractivity contribution in [2.45, 2.75) is 13.3 Å². The molecule has 0 fully saturated rings. The Labute approximate surface area is 60.7 Å². The van der Waals surface area contributed by atoms with Gasteiger partial charge in [0.05, 0.1) is 0 Å². The third-order valence-electron chi connectivity index (χ3n) is 1.36. The number of ketones is 1. The van der Waals surface area contributed by atoms with E-state index in [2.05, 4.69) is 0 Å². The second-order valence-corrected chi connectivity index (χ2v) is 2.21. The highest BCUT2D eigenvalue weighted by atomic mass is 16.1. The number of hydrogen-bond acceptors (Lipinski definition) is 1. The highest BCUT2D eigenvalue weighted by Gasteiger charge is 1.99. The summed E-state index contributed by atoms with van der Waals surface area (Å²) >= 11 is 0. The quantitative estimate of drug-likeness (QED) is 0.536. The van der Waals surface area contributed by atoms with E-state index in [4.69, 9.17) is 0 Å². The van der Waals surface area contributed by atoms with Gasteiger partial charge in [0, 0.05) is 6.42 Å². The fourth-order valence-electron chi connectivity index (χ4n) is 0.860. The molecule has 0 saturated heterocycles. The van der Waals surface area contributed by atoms with E-state index in [0.717, 1.165) is 5.57 Å². The molecule has 0 unspecified atom stereocenters. The van der Waals surface area contributed by atoms with Gasteiger partial charge in [-0.25, -0.2) is 0 Å². The normalized spacial score (nSPS) is 18.1. The Hall–Kier alpha value is -1.11. The second kappa shape index (κ2) is 3.16. The van der Waals surface area contributed by atoms with Crippen molar-refractivity contribution in [2.75, 3.05) is 0 Å². The summed E-state index contributed by atoms with van der Waals surface area (Å²) in [5.74, 6) is 0.188. The Balaban J connectivity index is 2.67. The van der Waals surface area contributed by atoms with Gasteiger partial charge in [0.25, 0.3) is 0 Å². The zero-order chi connectivity index (χ0) is 7.40. The molecule has 0 aliphatic heterocycles. The lowest BCUT2D eigenvalue weighted by molar-refractivity contribution is -0.113. The first kappa shape index (κ1) is 7.00. The van der Waals surface area contributed by atoms with Crippen molar-refractivity contribution in [3.8, 4) is 0 Å². The molecule has 1 rings (SSSR count). The molecule has 1 heteroatoms. The number of carbonyl (C=O) groups is 1. The summed E-state index contributed by atoms with van der Waals surface area (Å²) < 4.78 is 0. The van der Waals surface area contributed by atoms with Crippen LogP contribution in [0.2, 0.25) is 0 Å². The van der Waals surface area contributed by atoms with E-state index in [1.165, 1.54) is 0 Å². The summed E-state index contributed by atoms with van der Waals surface area (Å²) in [4.78, 5) is 10.7. The zero-order valence-electron chi connectivity index (χ0n) is 6.00. The number of carbonyl (C=O) groups excluding carboxylic acids is 1. The Morgan fingerprint density at radius 1 is 1.50 bits per heavy atom. The van der Waals surface area contributed by atoms with E-state index in [9.17, 15) is 4.79 Å². The molecule has 0 aromatic carbocycles. The fourth-order valence-corrected chi connectivity index (χ4v) is 0.860. The molecule has 0 atom stereocenters. The lowest BCUT2D eigenvalue weighted by atomic mass is 10.1. The smallest absolute Gasteiger partial charge is 0.159 e. The standard InChI is InChI=1S/C9H10O/c1-2-3-8-4-6-9(10)7-5-8/h2-6H,7H2,1H3/b3-2+. The molecular weight excluding hydrogens is 124 g/mol. The third-order valence-corrected chi connectivity index (χ3v) is 1.36. The van der Waals surface area contributed by atoms with E-state index in [1.807, 2.05) is 31.2 Å². The Morgan fingerprint density at radius 3 is 2.80 bits per heavy atom. The van der Waals surface area contributed by atoms with Crippen LogP contribution in [-0.4, -0.2) is 5.78 Å². The van der Waals surface area contributed by atoms with Gasteiger partial charge in [0.2, 0.25) is 0 Å². The number of hydrogen-bond donors (Lipinski definition) is 0. The largest absolute Gasteiger partial charge is 0.295 e. The highest BCUT2D eigenvalue weighted by molar-refractivity contribution is 5.92. The highest BCUT2D eigenvalue weighted by Crippen LogP contribution is 2.07. The van der Waals surface area contributed by atoms with Gasteiger partial charge in [0.15, 0.2) is 5.78 Å². The molecule has 1 aliphatic rings. The van der Waals surface area contributed by atoms with Crippen LogP contribution in [0.1, 0.15) is 13.3 Å². The van der Waals surface area contributed by atoms with Crippen molar-refractivity contribution >= 4 is 5.78 Å². The molecule has 1 aliphatic carbocycles. The molecule has 0 saturated carbocycles. The lowest BCUT2D eigenvalue weighted by Crippen LogP contribution is -1.94. The summed E-state index contributed by atoms with van der Waals surface area (Å²) in [6.07, 6.45) is 9.90. The van der Waals surface area contributed by atoms with Crippen LogP contribution in [0.25, 0.3) is 0 Å². The molecule has 0 N–H and O–H groups in total. The van der Waals surface area contributed by atoms with Crippen molar-refractivity contribution in [2.24, 2.45) is 0 Å². The minimum absolute atomic E-state index is 0.188. The predicted molar refractivity (Wildman–Crippen MR) is 41.7 cm³/mol. The van der Waals surface area contributed by atoms with Crippen LogP contribution in [0.4, 0.5) is 0 Å². The molecule has 0 spiro atoms. The van der Waals surface area contributed by atoms with Crippen LogP contribution < -0.4 is 0 Å². The molecule has 10 heavy (non-hydrogen) atoms. The van der Waals surface area contributed by atoms with Crippen molar-refractivity contribution < 1.29 is 4.79 Å². The molecule has 0 aromatic rings. The molecule has 0 heterocycles. The van der Waals surface area contributed by atoms with Crippen LogP contribution in [0, 0.1) is 0 Å². The van der Waals surface area contributed by atoms with E-state index < -0.39 is 0 Å². The molecule has 0 aromatic heterocycles.